The highest BCUT2D eigenvalue weighted by Gasteiger charge is 2.39. The minimum absolute atomic E-state index is 0.0207. The molecule has 2 fully saturated rings. The fourth-order valence-electron chi connectivity index (χ4n) is 5.75. The van der Waals surface area contributed by atoms with Crippen molar-refractivity contribution in [1.82, 2.24) is 15.5 Å². The lowest BCUT2D eigenvalue weighted by Gasteiger charge is -2.44. The van der Waals surface area contributed by atoms with Crippen molar-refractivity contribution in [2.75, 3.05) is 14.1 Å². The van der Waals surface area contributed by atoms with E-state index in [1.165, 1.54) is 4.88 Å². The topological polar surface area (TPSA) is 70.7 Å². The molecule has 2 saturated carbocycles. The SMILES string of the molecule is CN(C)C1(c2cccs2)CCC(NC(=O)CCCC(=O)NC2CCCC2OCc2ccccc2)CC1. The number of amides is 2. The van der Waals surface area contributed by atoms with Crippen LogP contribution in [0.3, 0.4) is 0 Å². The van der Waals surface area contributed by atoms with E-state index < -0.39 is 0 Å². The fraction of sp³-hybridized carbons (Fsp3) is 0.586. The van der Waals surface area contributed by atoms with Crippen LogP contribution in [0, 0.1) is 0 Å². The van der Waals surface area contributed by atoms with Crippen LogP contribution >= 0.6 is 11.3 Å². The molecule has 1 aromatic heterocycles. The van der Waals surface area contributed by atoms with E-state index in [4.69, 9.17) is 4.74 Å². The van der Waals surface area contributed by atoms with E-state index in [-0.39, 0.29) is 35.5 Å². The zero-order valence-corrected chi connectivity index (χ0v) is 22.5. The minimum Gasteiger partial charge on any atom is -0.371 e. The molecule has 196 valence electrons. The quantitative estimate of drug-likeness (QED) is 0.446. The fourth-order valence-corrected chi connectivity index (χ4v) is 6.82. The van der Waals surface area contributed by atoms with Gasteiger partial charge in [-0.2, -0.15) is 0 Å². The van der Waals surface area contributed by atoms with Crippen molar-refractivity contribution < 1.29 is 14.3 Å². The van der Waals surface area contributed by atoms with E-state index in [0.717, 1.165) is 50.5 Å². The predicted octanol–water partition coefficient (Wildman–Crippen LogP) is 4.99. The molecule has 6 nitrogen and oxygen atoms in total. The van der Waals surface area contributed by atoms with Gasteiger partial charge in [0.05, 0.1) is 24.3 Å². The van der Waals surface area contributed by atoms with Gasteiger partial charge in [0.25, 0.3) is 0 Å². The highest BCUT2D eigenvalue weighted by Crippen LogP contribution is 2.43. The highest BCUT2D eigenvalue weighted by molar-refractivity contribution is 7.10. The third-order valence-corrected chi connectivity index (χ3v) is 8.99. The van der Waals surface area contributed by atoms with E-state index in [2.05, 4.69) is 59.3 Å². The van der Waals surface area contributed by atoms with E-state index in [0.29, 0.717) is 25.9 Å². The van der Waals surface area contributed by atoms with E-state index in [1.54, 1.807) is 0 Å². The maximum absolute atomic E-state index is 12.6. The molecule has 2 atom stereocenters. The van der Waals surface area contributed by atoms with Crippen LogP contribution in [0.5, 0.6) is 0 Å². The Morgan fingerprint density at radius 3 is 2.36 bits per heavy atom. The summed E-state index contributed by atoms with van der Waals surface area (Å²) in [5.41, 5.74) is 1.23. The number of hydrogen-bond acceptors (Lipinski definition) is 5. The Kier molecular flexibility index (Phi) is 9.57. The second-order valence-corrected chi connectivity index (χ2v) is 11.5. The first kappa shape index (κ1) is 26.8. The standard InChI is InChI=1S/C29H41N3O3S/c1-32(2)29(26-13-8-20-36-26)18-16-23(17-19-29)30-27(33)14-7-15-28(34)31-24-11-6-12-25(24)35-21-22-9-4-3-5-10-22/h3-5,8-10,13,20,23-25H,6-7,11-12,14-19,21H2,1-2H3,(H,30,33)(H,31,34). The van der Waals surface area contributed by atoms with Crippen molar-refractivity contribution in [3.8, 4) is 0 Å². The monoisotopic (exact) mass is 511 g/mol. The zero-order valence-electron chi connectivity index (χ0n) is 21.7. The first-order valence-electron chi connectivity index (χ1n) is 13.4. The molecule has 0 saturated heterocycles. The molecule has 2 N–H and O–H groups in total. The average molecular weight is 512 g/mol. The normalized spacial score (nSPS) is 26.1. The smallest absolute Gasteiger partial charge is 0.220 e. The molecule has 2 aliphatic rings. The first-order chi connectivity index (χ1) is 17.5. The molecule has 2 amide bonds. The molecule has 2 aliphatic carbocycles. The van der Waals surface area contributed by atoms with Gasteiger partial charge in [0.2, 0.25) is 11.8 Å². The van der Waals surface area contributed by atoms with Crippen molar-refractivity contribution in [1.29, 1.82) is 0 Å². The van der Waals surface area contributed by atoms with Crippen LogP contribution in [0.15, 0.2) is 47.8 Å². The second-order valence-electron chi connectivity index (χ2n) is 10.5. The van der Waals surface area contributed by atoms with Crippen molar-refractivity contribution in [3.63, 3.8) is 0 Å². The van der Waals surface area contributed by atoms with Crippen molar-refractivity contribution in [2.45, 2.75) is 94.5 Å². The van der Waals surface area contributed by atoms with Crippen molar-refractivity contribution >= 4 is 23.2 Å². The Morgan fingerprint density at radius 2 is 1.69 bits per heavy atom. The van der Waals surface area contributed by atoms with Gasteiger partial charge in [-0.25, -0.2) is 0 Å². The lowest BCUT2D eigenvalue weighted by Crippen LogP contribution is -2.48. The zero-order chi connectivity index (χ0) is 25.4. The minimum atomic E-state index is 0.0207. The molecule has 36 heavy (non-hydrogen) atoms. The number of benzene rings is 1. The Morgan fingerprint density at radius 1 is 0.972 bits per heavy atom. The lowest BCUT2D eigenvalue weighted by atomic mass is 9.77. The Labute approximate surface area is 219 Å². The van der Waals surface area contributed by atoms with Gasteiger partial charge < -0.3 is 15.4 Å². The Balaban J connectivity index is 1.13. The van der Waals surface area contributed by atoms with Crippen LogP contribution in [0.25, 0.3) is 0 Å². The van der Waals surface area contributed by atoms with Gasteiger partial charge in [0, 0.05) is 23.8 Å². The Bertz CT molecular complexity index is 955. The van der Waals surface area contributed by atoms with Crippen LogP contribution in [0.4, 0.5) is 0 Å². The molecule has 0 radical (unpaired) electrons. The molecule has 2 unspecified atom stereocenters. The largest absolute Gasteiger partial charge is 0.371 e. The molecular weight excluding hydrogens is 470 g/mol. The molecule has 0 spiro atoms. The number of hydrogen-bond donors (Lipinski definition) is 2. The summed E-state index contributed by atoms with van der Waals surface area (Å²) < 4.78 is 6.10. The lowest BCUT2D eigenvalue weighted by molar-refractivity contribution is -0.124. The van der Waals surface area contributed by atoms with Gasteiger partial charge in [-0.3, -0.25) is 14.5 Å². The van der Waals surface area contributed by atoms with Gasteiger partial charge in [0.15, 0.2) is 0 Å². The van der Waals surface area contributed by atoms with Crippen molar-refractivity contribution in [3.05, 3.63) is 58.3 Å². The predicted molar refractivity (Wildman–Crippen MR) is 145 cm³/mol. The summed E-state index contributed by atoms with van der Waals surface area (Å²) in [6, 6.07) is 14.8. The van der Waals surface area contributed by atoms with E-state index >= 15 is 0 Å². The van der Waals surface area contributed by atoms with E-state index in [1.807, 2.05) is 29.5 Å². The number of thiophene rings is 1. The molecule has 2 aromatic rings. The second kappa shape index (κ2) is 12.8. The first-order valence-corrected chi connectivity index (χ1v) is 14.3. The molecular formula is C29H41N3O3S. The molecule has 4 rings (SSSR count). The number of ether oxygens (including phenoxy) is 1. The molecule has 7 heteroatoms. The summed E-state index contributed by atoms with van der Waals surface area (Å²) in [4.78, 5) is 28.9. The third kappa shape index (κ3) is 6.96. The van der Waals surface area contributed by atoms with Crippen LogP contribution < -0.4 is 10.6 Å². The molecule has 1 heterocycles. The highest BCUT2D eigenvalue weighted by atomic mass is 32.1. The summed E-state index contributed by atoms with van der Waals surface area (Å²) in [6.45, 7) is 0.572. The summed E-state index contributed by atoms with van der Waals surface area (Å²) in [6.07, 6.45) is 8.45. The average Bonchev–Trinajstić information content (AvgIpc) is 3.57. The van der Waals surface area contributed by atoms with Crippen LogP contribution in [-0.4, -0.2) is 49.0 Å². The van der Waals surface area contributed by atoms with Gasteiger partial charge in [-0.15, -0.1) is 11.3 Å². The van der Waals surface area contributed by atoms with Gasteiger partial charge in [-0.1, -0.05) is 36.4 Å². The van der Waals surface area contributed by atoms with Gasteiger partial charge >= 0.3 is 0 Å². The molecule has 0 bridgehead atoms. The maximum Gasteiger partial charge on any atom is 0.220 e. The Hall–Kier alpha value is -2.22. The van der Waals surface area contributed by atoms with Crippen LogP contribution in [-0.2, 0) is 26.5 Å². The molecule has 0 aliphatic heterocycles. The van der Waals surface area contributed by atoms with E-state index in [9.17, 15) is 9.59 Å². The van der Waals surface area contributed by atoms with Gasteiger partial charge in [0.1, 0.15) is 0 Å². The van der Waals surface area contributed by atoms with Crippen LogP contribution in [0.2, 0.25) is 0 Å². The summed E-state index contributed by atoms with van der Waals surface area (Å²) in [5, 5.41) is 8.52. The van der Waals surface area contributed by atoms with Crippen molar-refractivity contribution in [2.24, 2.45) is 0 Å². The third-order valence-electron chi connectivity index (χ3n) is 7.93. The summed E-state index contributed by atoms with van der Waals surface area (Å²) in [5.74, 6) is 0.0820. The van der Waals surface area contributed by atoms with Crippen LogP contribution in [0.1, 0.15) is 74.6 Å². The summed E-state index contributed by atoms with van der Waals surface area (Å²) >= 11 is 1.82. The number of carbonyl (C=O) groups is 2. The molecule has 1 aromatic carbocycles. The maximum atomic E-state index is 12.6. The van der Waals surface area contributed by atoms with Gasteiger partial charge in [-0.05, 0) is 82.5 Å². The number of nitrogens with zero attached hydrogens (tertiary/aromatic N) is 1. The number of carbonyl (C=O) groups excluding carboxylic acids is 2. The number of nitrogens with one attached hydrogen (secondary N) is 2. The number of rotatable bonds is 11. The summed E-state index contributed by atoms with van der Waals surface area (Å²) in [7, 11) is 4.32.